The summed E-state index contributed by atoms with van der Waals surface area (Å²) in [6, 6.07) is 10.3. The van der Waals surface area contributed by atoms with Gasteiger partial charge in [-0.25, -0.2) is 8.42 Å². The first-order valence-electron chi connectivity index (χ1n) is 9.03. The van der Waals surface area contributed by atoms with E-state index in [1.165, 1.54) is 24.3 Å². The van der Waals surface area contributed by atoms with Gasteiger partial charge in [-0.3, -0.25) is 19.6 Å². The van der Waals surface area contributed by atoms with Crippen LogP contribution in [0.5, 0.6) is 0 Å². The number of anilines is 2. The number of carbonyl (C=O) groups excluding carboxylic acids is 1. The fourth-order valence-corrected chi connectivity index (χ4v) is 4.25. The second-order valence-corrected chi connectivity index (χ2v) is 9.20. The molecular formula is C20H12Cl2F3N3O5S. The topological polar surface area (TPSA) is 118 Å². The first-order valence-corrected chi connectivity index (χ1v) is 11.3. The lowest BCUT2D eigenvalue weighted by atomic mass is 10.2. The normalized spacial score (nSPS) is 11.7. The number of amides is 1. The van der Waals surface area contributed by atoms with Crippen LogP contribution in [0.25, 0.3) is 0 Å². The Bertz CT molecular complexity index is 1400. The first-order chi connectivity index (χ1) is 15.8. The van der Waals surface area contributed by atoms with Gasteiger partial charge in [0.2, 0.25) is 0 Å². The lowest BCUT2D eigenvalue weighted by Gasteiger charge is -2.13. The highest BCUT2D eigenvalue weighted by Gasteiger charge is 2.31. The molecule has 0 aromatic heterocycles. The number of nitro benzene ring substituents is 1. The molecule has 34 heavy (non-hydrogen) atoms. The Kier molecular flexibility index (Phi) is 7.05. The van der Waals surface area contributed by atoms with Gasteiger partial charge in [0.1, 0.15) is 5.02 Å². The van der Waals surface area contributed by atoms with Crippen molar-refractivity contribution in [1.29, 1.82) is 0 Å². The van der Waals surface area contributed by atoms with Gasteiger partial charge in [-0.2, -0.15) is 13.2 Å². The molecule has 0 fully saturated rings. The van der Waals surface area contributed by atoms with Crippen LogP contribution in [0.3, 0.4) is 0 Å². The summed E-state index contributed by atoms with van der Waals surface area (Å²) in [5.74, 6) is -0.800. The summed E-state index contributed by atoms with van der Waals surface area (Å²) < 4.78 is 66.3. The molecule has 1 amide bonds. The van der Waals surface area contributed by atoms with E-state index in [0.29, 0.717) is 12.1 Å². The number of rotatable bonds is 6. The maximum absolute atomic E-state index is 13.0. The third-order valence-corrected chi connectivity index (χ3v) is 6.36. The Morgan fingerprint density at radius 3 is 2.29 bits per heavy atom. The van der Waals surface area contributed by atoms with Gasteiger partial charge in [-0.05, 0) is 48.5 Å². The number of nitro groups is 1. The van der Waals surface area contributed by atoms with Gasteiger partial charge >= 0.3 is 6.18 Å². The quantitative estimate of drug-likeness (QED) is 0.298. The fraction of sp³-hybridized carbons (Fsp3) is 0.0500. The van der Waals surface area contributed by atoms with Crippen LogP contribution >= 0.6 is 23.2 Å². The number of carbonyl (C=O) groups is 1. The number of alkyl halides is 3. The van der Waals surface area contributed by atoms with Crippen molar-refractivity contribution in [3.8, 4) is 0 Å². The predicted molar refractivity (Wildman–Crippen MR) is 120 cm³/mol. The molecule has 14 heteroatoms. The van der Waals surface area contributed by atoms with Gasteiger partial charge in [-0.1, -0.05) is 29.3 Å². The lowest BCUT2D eigenvalue weighted by Crippen LogP contribution is -2.16. The number of sulfonamides is 1. The van der Waals surface area contributed by atoms with Crippen LogP contribution in [0.4, 0.5) is 30.2 Å². The summed E-state index contributed by atoms with van der Waals surface area (Å²) in [6.07, 6.45) is -4.72. The van der Waals surface area contributed by atoms with Crippen LogP contribution in [-0.2, 0) is 16.2 Å². The van der Waals surface area contributed by atoms with Crippen molar-refractivity contribution in [2.24, 2.45) is 0 Å². The van der Waals surface area contributed by atoms with Crippen LogP contribution in [0.1, 0.15) is 15.9 Å². The zero-order chi connectivity index (χ0) is 25.3. The van der Waals surface area contributed by atoms with E-state index in [0.717, 1.165) is 24.3 Å². The highest BCUT2D eigenvalue weighted by atomic mass is 35.5. The molecule has 3 aromatic rings. The summed E-state index contributed by atoms with van der Waals surface area (Å²) >= 11 is 11.6. The molecule has 3 aromatic carbocycles. The van der Waals surface area contributed by atoms with Gasteiger partial charge < -0.3 is 5.32 Å². The van der Waals surface area contributed by atoms with Gasteiger partial charge in [0, 0.05) is 17.3 Å². The van der Waals surface area contributed by atoms with Crippen molar-refractivity contribution in [3.05, 3.63) is 92.0 Å². The van der Waals surface area contributed by atoms with Crippen LogP contribution in [0.15, 0.2) is 65.6 Å². The second kappa shape index (κ2) is 9.49. The number of halogens is 5. The number of nitrogens with zero attached hydrogens (tertiary/aromatic N) is 1. The molecule has 178 valence electrons. The molecule has 0 spiro atoms. The summed E-state index contributed by atoms with van der Waals surface area (Å²) in [7, 11) is -4.44. The molecule has 3 rings (SSSR count). The number of benzene rings is 3. The lowest BCUT2D eigenvalue weighted by molar-refractivity contribution is -0.384. The molecule has 0 saturated carbocycles. The van der Waals surface area contributed by atoms with Crippen LogP contribution in [-0.4, -0.2) is 19.2 Å². The molecule has 0 unspecified atom stereocenters. The van der Waals surface area contributed by atoms with Crippen molar-refractivity contribution in [3.63, 3.8) is 0 Å². The maximum Gasteiger partial charge on any atom is 0.416 e. The Labute approximate surface area is 200 Å². The Morgan fingerprint density at radius 1 is 0.971 bits per heavy atom. The third kappa shape index (κ3) is 5.76. The molecule has 0 aliphatic heterocycles. The van der Waals surface area contributed by atoms with E-state index in [1.807, 2.05) is 4.72 Å². The summed E-state index contributed by atoms with van der Waals surface area (Å²) in [5.41, 5.74) is -2.17. The molecule has 0 saturated heterocycles. The molecule has 0 bridgehead atoms. The van der Waals surface area contributed by atoms with Gasteiger partial charge in [0.15, 0.2) is 0 Å². The van der Waals surface area contributed by atoms with E-state index in [1.54, 1.807) is 0 Å². The Hall–Kier alpha value is -3.35. The zero-order valence-corrected chi connectivity index (χ0v) is 18.9. The number of nitrogens with one attached hydrogen (secondary N) is 2. The minimum Gasteiger partial charge on any atom is -0.322 e. The molecule has 0 atom stereocenters. The van der Waals surface area contributed by atoms with Crippen molar-refractivity contribution in [2.75, 3.05) is 10.0 Å². The maximum atomic E-state index is 13.0. The van der Waals surface area contributed by atoms with E-state index < -0.39 is 48.9 Å². The fourth-order valence-electron chi connectivity index (χ4n) is 2.72. The Morgan fingerprint density at radius 2 is 1.65 bits per heavy atom. The van der Waals surface area contributed by atoms with Crippen molar-refractivity contribution in [1.82, 2.24) is 0 Å². The zero-order valence-electron chi connectivity index (χ0n) is 16.6. The number of hydrogen-bond acceptors (Lipinski definition) is 5. The minimum atomic E-state index is -4.72. The van der Waals surface area contributed by atoms with E-state index >= 15 is 0 Å². The standard InChI is InChI=1S/C20H12Cl2F3N3O5S/c21-15-6-4-12(20(23,24)25)9-17(15)27-34(32,33)14-3-1-2-11(8-14)19(29)26-13-5-7-16(22)18(10-13)28(30)31/h1-10,27H,(H,26,29). The second-order valence-electron chi connectivity index (χ2n) is 6.70. The van der Waals surface area contributed by atoms with Crippen LogP contribution < -0.4 is 10.0 Å². The summed E-state index contributed by atoms with van der Waals surface area (Å²) in [5, 5.41) is 13.0. The van der Waals surface area contributed by atoms with Crippen LogP contribution in [0, 0.1) is 10.1 Å². The van der Waals surface area contributed by atoms with E-state index in [9.17, 15) is 36.5 Å². The van der Waals surface area contributed by atoms with Crippen molar-refractivity contribution in [2.45, 2.75) is 11.1 Å². The average Bonchev–Trinajstić information content (AvgIpc) is 2.75. The van der Waals surface area contributed by atoms with Gasteiger partial charge in [0.05, 0.1) is 26.1 Å². The third-order valence-electron chi connectivity index (χ3n) is 4.35. The molecule has 2 N–H and O–H groups in total. The van der Waals surface area contributed by atoms with E-state index in [2.05, 4.69) is 5.32 Å². The summed E-state index contributed by atoms with van der Waals surface area (Å²) in [6.45, 7) is 0. The highest BCUT2D eigenvalue weighted by Crippen LogP contribution is 2.35. The minimum absolute atomic E-state index is 0.0308. The molecule has 0 heterocycles. The molecule has 0 radical (unpaired) electrons. The summed E-state index contributed by atoms with van der Waals surface area (Å²) in [4.78, 5) is 22.4. The largest absolute Gasteiger partial charge is 0.416 e. The average molecular weight is 534 g/mol. The van der Waals surface area contributed by atoms with Crippen LogP contribution in [0.2, 0.25) is 10.0 Å². The first kappa shape index (κ1) is 25.3. The Balaban J connectivity index is 1.87. The molecule has 8 nitrogen and oxygen atoms in total. The monoisotopic (exact) mass is 533 g/mol. The smallest absolute Gasteiger partial charge is 0.322 e. The van der Waals surface area contributed by atoms with E-state index in [4.69, 9.17) is 23.2 Å². The SMILES string of the molecule is O=C(Nc1ccc(Cl)c([N+](=O)[O-])c1)c1cccc(S(=O)(=O)Nc2cc(C(F)(F)F)ccc2Cl)c1. The van der Waals surface area contributed by atoms with E-state index in [-0.39, 0.29) is 21.3 Å². The predicted octanol–water partition coefficient (Wildman–Crippen LogP) is 5.97. The molecule has 0 aliphatic rings. The van der Waals surface area contributed by atoms with Crippen molar-refractivity contribution < 1.29 is 31.3 Å². The molecule has 0 aliphatic carbocycles. The van der Waals surface area contributed by atoms with Gasteiger partial charge in [-0.15, -0.1) is 0 Å². The molecular weight excluding hydrogens is 522 g/mol. The number of hydrogen-bond donors (Lipinski definition) is 2. The van der Waals surface area contributed by atoms with Crippen molar-refractivity contribution >= 4 is 56.2 Å². The van der Waals surface area contributed by atoms with Gasteiger partial charge in [0.25, 0.3) is 21.6 Å². The highest BCUT2D eigenvalue weighted by molar-refractivity contribution is 7.92.